The summed E-state index contributed by atoms with van der Waals surface area (Å²) in [6, 6.07) is 0. The zero-order chi connectivity index (χ0) is 9.78. The van der Waals surface area contributed by atoms with Crippen LogP contribution < -0.4 is 0 Å². The summed E-state index contributed by atoms with van der Waals surface area (Å²) >= 11 is 3.40. The molecular formula is C7H10N2O2S2. The largest absolute Gasteiger partial charge is 0.234 e. The minimum Gasteiger partial charge on any atom is -0.211 e. The number of carbonyl (C=O) groups excluding carboxylic acids is 2. The van der Waals surface area contributed by atoms with Crippen molar-refractivity contribution in [3.63, 3.8) is 0 Å². The Hall–Kier alpha value is -0.540. The Morgan fingerprint density at radius 2 is 1.38 bits per heavy atom. The van der Waals surface area contributed by atoms with Crippen molar-refractivity contribution in [3.8, 4) is 0 Å². The predicted octanol–water partition coefficient (Wildman–Crippen LogP) is 1.08. The Balaban J connectivity index is 2.99. The first-order chi connectivity index (χ1) is 6.41. The number of rotatable bonds is 8. The maximum absolute atomic E-state index is 9.66. The lowest BCUT2D eigenvalue weighted by Crippen LogP contribution is -1.88. The van der Waals surface area contributed by atoms with Crippen LogP contribution in [0, 0.1) is 0 Å². The van der Waals surface area contributed by atoms with Gasteiger partial charge in [0.25, 0.3) is 0 Å². The molecule has 4 nitrogen and oxygen atoms in total. The van der Waals surface area contributed by atoms with Crippen LogP contribution in [0.15, 0.2) is 9.98 Å². The first-order valence-electron chi connectivity index (χ1n) is 3.64. The molecule has 0 aliphatic carbocycles. The van der Waals surface area contributed by atoms with Crippen LogP contribution in [0.5, 0.6) is 0 Å². The summed E-state index contributed by atoms with van der Waals surface area (Å²) in [6.07, 6.45) is 2.97. The van der Waals surface area contributed by atoms with Crippen molar-refractivity contribution < 1.29 is 9.59 Å². The smallest absolute Gasteiger partial charge is 0.211 e. The van der Waals surface area contributed by atoms with Gasteiger partial charge in [-0.2, -0.15) is 0 Å². The molecule has 13 heavy (non-hydrogen) atoms. The van der Waals surface area contributed by atoms with Crippen LogP contribution >= 0.6 is 23.5 Å². The van der Waals surface area contributed by atoms with Crippen LogP contribution in [-0.2, 0) is 9.59 Å². The van der Waals surface area contributed by atoms with Crippen LogP contribution in [0.1, 0.15) is 0 Å². The van der Waals surface area contributed by atoms with Crippen molar-refractivity contribution in [1.29, 1.82) is 0 Å². The summed E-state index contributed by atoms with van der Waals surface area (Å²) in [6.45, 7) is 1.06. The van der Waals surface area contributed by atoms with Crippen molar-refractivity contribution in [2.75, 3.05) is 29.7 Å². The molecule has 0 spiro atoms. The maximum Gasteiger partial charge on any atom is 0.234 e. The van der Waals surface area contributed by atoms with E-state index in [1.165, 1.54) is 12.2 Å². The zero-order valence-corrected chi connectivity index (χ0v) is 8.70. The van der Waals surface area contributed by atoms with E-state index < -0.39 is 0 Å². The van der Waals surface area contributed by atoms with Crippen molar-refractivity contribution in [3.05, 3.63) is 0 Å². The highest BCUT2D eigenvalue weighted by molar-refractivity contribution is 8.15. The van der Waals surface area contributed by atoms with E-state index in [0.29, 0.717) is 13.1 Å². The quantitative estimate of drug-likeness (QED) is 0.265. The van der Waals surface area contributed by atoms with Crippen molar-refractivity contribution in [1.82, 2.24) is 0 Å². The number of isocyanates is 2. The molecule has 0 amide bonds. The third kappa shape index (κ3) is 11.5. The summed E-state index contributed by atoms with van der Waals surface area (Å²) in [5.41, 5.74) is 0. The van der Waals surface area contributed by atoms with Crippen LogP contribution in [0.4, 0.5) is 0 Å². The van der Waals surface area contributed by atoms with Gasteiger partial charge in [0.15, 0.2) is 0 Å². The van der Waals surface area contributed by atoms with Crippen molar-refractivity contribution in [2.24, 2.45) is 9.98 Å². The van der Waals surface area contributed by atoms with Gasteiger partial charge in [0.1, 0.15) is 0 Å². The summed E-state index contributed by atoms with van der Waals surface area (Å²) in [5.74, 6) is 1.67. The molecule has 0 aromatic heterocycles. The highest BCUT2D eigenvalue weighted by Gasteiger charge is 1.89. The maximum atomic E-state index is 9.66. The number of thioether (sulfide) groups is 2. The van der Waals surface area contributed by atoms with Crippen LogP contribution in [-0.4, -0.2) is 41.8 Å². The molecule has 0 rings (SSSR count). The molecule has 0 heterocycles. The molecule has 72 valence electrons. The molecule has 0 N–H and O–H groups in total. The van der Waals surface area contributed by atoms with Gasteiger partial charge in [-0.05, 0) is 0 Å². The number of nitrogens with zero attached hydrogens (tertiary/aromatic N) is 2. The van der Waals surface area contributed by atoms with Crippen molar-refractivity contribution in [2.45, 2.75) is 0 Å². The van der Waals surface area contributed by atoms with Gasteiger partial charge in [0.2, 0.25) is 12.2 Å². The Labute approximate surface area is 85.3 Å². The molecule has 0 aromatic rings. The van der Waals surface area contributed by atoms with Gasteiger partial charge < -0.3 is 0 Å². The van der Waals surface area contributed by atoms with Crippen LogP contribution in [0.25, 0.3) is 0 Å². The van der Waals surface area contributed by atoms with Gasteiger partial charge in [-0.15, -0.1) is 23.5 Å². The molecule has 6 heteroatoms. The summed E-state index contributed by atoms with van der Waals surface area (Å²) in [7, 11) is 0. The lowest BCUT2D eigenvalue weighted by Gasteiger charge is -1.96. The fraction of sp³-hybridized carbons (Fsp3) is 0.714. The van der Waals surface area contributed by atoms with E-state index in [9.17, 15) is 9.59 Å². The van der Waals surface area contributed by atoms with E-state index in [-0.39, 0.29) is 0 Å². The van der Waals surface area contributed by atoms with E-state index in [1.54, 1.807) is 23.5 Å². The average Bonchev–Trinajstić information content (AvgIpc) is 2.16. The summed E-state index contributed by atoms with van der Waals surface area (Å²) in [5, 5.41) is 0.933. The minimum absolute atomic E-state index is 0.529. The second-order valence-corrected chi connectivity index (χ2v) is 4.46. The van der Waals surface area contributed by atoms with Gasteiger partial charge in [0.05, 0.1) is 13.1 Å². The molecule has 0 aromatic carbocycles. The first-order valence-corrected chi connectivity index (χ1v) is 5.95. The van der Waals surface area contributed by atoms with Gasteiger partial charge in [-0.25, -0.2) is 19.6 Å². The van der Waals surface area contributed by atoms with Crippen LogP contribution in [0.3, 0.4) is 0 Å². The Bertz CT molecular complexity index is 189. The minimum atomic E-state index is 0.529. The predicted molar refractivity (Wildman–Crippen MR) is 55.8 cm³/mol. The average molecular weight is 218 g/mol. The molecule has 0 unspecified atom stereocenters. The fourth-order valence-corrected chi connectivity index (χ4v) is 2.34. The van der Waals surface area contributed by atoms with Crippen molar-refractivity contribution >= 4 is 35.7 Å². The van der Waals surface area contributed by atoms with Gasteiger partial charge in [-0.3, -0.25) is 0 Å². The number of aliphatic imine (C=N–C) groups is 2. The standard InChI is InChI=1S/C7H10N2O2S2/c10-5-8-1-3-12-7-13-4-2-9-6-11/h1-4,7H2. The van der Waals surface area contributed by atoms with E-state index in [0.717, 1.165) is 16.6 Å². The SMILES string of the molecule is O=C=NCCSCSCCN=C=O. The molecule has 0 atom stereocenters. The second-order valence-electron chi connectivity index (χ2n) is 1.88. The summed E-state index contributed by atoms with van der Waals surface area (Å²) in [4.78, 5) is 26.1. The van der Waals surface area contributed by atoms with Gasteiger partial charge >= 0.3 is 0 Å². The molecular weight excluding hydrogens is 208 g/mol. The van der Waals surface area contributed by atoms with E-state index in [1.807, 2.05) is 0 Å². The number of hydrogen-bond acceptors (Lipinski definition) is 6. The molecule has 0 saturated heterocycles. The second kappa shape index (κ2) is 11.5. The lowest BCUT2D eigenvalue weighted by molar-refractivity contribution is 0.562. The molecule has 0 saturated carbocycles. The lowest BCUT2D eigenvalue weighted by atomic mass is 10.8. The highest BCUT2D eigenvalue weighted by Crippen LogP contribution is 2.10. The Morgan fingerprint density at radius 3 is 1.77 bits per heavy atom. The monoisotopic (exact) mass is 218 g/mol. The Kier molecular flexibility index (Phi) is 11.0. The topological polar surface area (TPSA) is 58.9 Å². The van der Waals surface area contributed by atoms with E-state index in [4.69, 9.17) is 0 Å². The summed E-state index contributed by atoms with van der Waals surface area (Å²) < 4.78 is 0. The van der Waals surface area contributed by atoms with Gasteiger partial charge in [-0.1, -0.05) is 0 Å². The molecule has 0 fully saturated rings. The third-order valence-electron chi connectivity index (χ3n) is 0.991. The normalized spacial score (nSPS) is 8.62. The van der Waals surface area contributed by atoms with E-state index >= 15 is 0 Å². The first kappa shape index (κ1) is 12.5. The molecule has 0 aliphatic rings. The fourth-order valence-electron chi connectivity index (χ4n) is 0.488. The third-order valence-corrected chi connectivity index (χ3v) is 3.27. The van der Waals surface area contributed by atoms with Crippen LogP contribution in [0.2, 0.25) is 0 Å². The molecule has 0 radical (unpaired) electrons. The molecule has 0 aliphatic heterocycles. The van der Waals surface area contributed by atoms with Gasteiger partial charge in [0, 0.05) is 16.6 Å². The van der Waals surface area contributed by atoms with E-state index in [2.05, 4.69) is 9.98 Å². The zero-order valence-electron chi connectivity index (χ0n) is 7.06. The number of hydrogen-bond donors (Lipinski definition) is 0. The molecule has 0 bridgehead atoms. The Morgan fingerprint density at radius 1 is 0.923 bits per heavy atom. The highest BCUT2D eigenvalue weighted by atomic mass is 32.2.